The minimum absolute atomic E-state index is 0.0696. The van der Waals surface area contributed by atoms with Gasteiger partial charge in [-0.15, -0.1) is 0 Å². The van der Waals surface area contributed by atoms with Crippen LogP contribution in [0.4, 0.5) is 0 Å². The smallest absolute Gasteiger partial charge is 0.282 e. The van der Waals surface area contributed by atoms with E-state index in [-0.39, 0.29) is 11.6 Å². The lowest BCUT2D eigenvalue weighted by atomic mass is 9.87. The highest BCUT2D eigenvalue weighted by molar-refractivity contribution is 5.79. The zero-order chi connectivity index (χ0) is 18.3. The van der Waals surface area contributed by atoms with Crippen LogP contribution in [0.2, 0.25) is 0 Å². The number of fused-ring (bicyclic) bond motifs is 1. The second-order valence-corrected chi connectivity index (χ2v) is 7.27. The van der Waals surface area contributed by atoms with E-state index in [4.69, 9.17) is 9.72 Å². The highest BCUT2D eigenvalue weighted by Gasteiger charge is 2.26. The van der Waals surface area contributed by atoms with Gasteiger partial charge in [0, 0.05) is 6.04 Å². The third kappa shape index (κ3) is 2.69. The van der Waals surface area contributed by atoms with E-state index in [1.165, 1.54) is 0 Å². The molecule has 0 spiro atoms. The van der Waals surface area contributed by atoms with E-state index in [1.807, 2.05) is 35.8 Å². The number of aryl methyl sites for hydroxylation is 1. The number of H-pyrrole nitrogens is 1. The molecule has 1 saturated carbocycles. The Morgan fingerprint density at radius 2 is 1.88 bits per heavy atom. The van der Waals surface area contributed by atoms with Crippen LogP contribution in [0.3, 0.4) is 0 Å². The maximum absolute atomic E-state index is 13.3. The summed E-state index contributed by atoms with van der Waals surface area (Å²) in [5.41, 5.74) is 2.63. The molecule has 1 N–H and O–H groups in total. The van der Waals surface area contributed by atoms with Gasteiger partial charge in [0.25, 0.3) is 5.56 Å². The predicted molar refractivity (Wildman–Crippen MR) is 102 cm³/mol. The number of aromatic amines is 1. The van der Waals surface area contributed by atoms with Crippen LogP contribution in [0.5, 0.6) is 5.75 Å². The average molecular weight is 352 g/mol. The number of ether oxygens (including phenoxy) is 1. The van der Waals surface area contributed by atoms with Crippen molar-refractivity contribution in [2.75, 3.05) is 7.11 Å². The van der Waals surface area contributed by atoms with Crippen molar-refractivity contribution in [3.63, 3.8) is 0 Å². The van der Waals surface area contributed by atoms with E-state index in [1.54, 1.807) is 7.11 Å². The highest BCUT2D eigenvalue weighted by Crippen LogP contribution is 2.36. The van der Waals surface area contributed by atoms with Crippen molar-refractivity contribution in [2.45, 2.75) is 45.6 Å². The van der Waals surface area contributed by atoms with Crippen molar-refractivity contribution >= 4 is 11.0 Å². The summed E-state index contributed by atoms with van der Waals surface area (Å²) in [5, 5.41) is 7.12. The van der Waals surface area contributed by atoms with Gasteiger partial charge in [-0.3, -0.25) is 14.5 Å². The lowest BCUT2D eigenvalue weighted by Crippen LogP contribution is -2.30. The number of methoxy groups -OCH3 is 1. The fraction of sp³-hybridized carbons (Fsp3) is 0.450. The summed E-state index contributed by atoms with van der Waals surface area (Å²) < 4.78 is 7.40. The number of rotatable bonds is 3. The minimum Gasteiger partial charge on any atom is -0.496 e. The fourth-order valence-electron chi connectivity index (χ4n) is 3.94. The first-order valence-corrected chi connectivity index (χ1v) is 9.20. The quantitative estimate of drug-likeness (QED) is 0.777. The van der Waals surface area contributed by atoms with E-state index in [2.05, 4.69) is 17.1 Å². The van der Waals surface area contributed by atoms with Gasteiger partial charge in [-0.1, -0.05) is 19.1 Å². The van der Waals surface area contributed by atoms with Crippen LogP contribution in [-0.2, 0) is 0 Å². The van der Waals surface area contributed by atoms with Crippen LogP contribution in [0, 0.1) is 12.8 Å². The molecule has 0 amide bonds. The maximum Gasteiger partial charge on any atom is 0.282 e. The van der Waals surface area contributed by atoms with Gasteiger partial charge in [0.1, 0.15) is 17.1 Å². The first kappa shape index (κ1) is 16.8. The lowest BCUT2D eigenvalue weighted by molar-refractivity contribution is 0.286. The van der Waals surface area contributed by atoms with E-state index >= 15 is 0 Å². The monoisotopic (exact) mass is 352 g/mol. The Kier molecular flexibility index (Phi) is 4.26. The molecule has 3 aromatic rings. The van der Waals surface area contributed by atoms with Crippen LogP contribution in [-0.4, -0.2) is 26.9 Å². The molecule has 6 heteroatoms. The number of hydrogen-bond donors (Lipinski definition) is 1. The second-order valence-electron chi connectivity index (χ2n) is 7.27. The first-order chi connectivity index (χ1) is 12.6. The van der Waals surface area contributed by atoms with Gasteiger partial charge in [0.2, 0.25) is 0 Å². The highest BCUT2D eigenvalue weighted by atomic mass is 16.5. The number of aromatic nitrogens is 4. The Balaban J connectivity index is 1.99. The fourth-order valence-corrected chi connectivity index (χ4v) is 3.94. The third-order valence-corrected chi connectivity index (χ3v) is 5.48. The van der Waals surface area contributed by atoms with Gasteiger partial charge in [0.15, 0.2) is 5.52 Å². The van der Waals surface area contributed by atoms with Gasteiger partial charge >= 0.3 is 0 Å². The van der Waals surface area contributed by atoms with Crippen LogP contribution in [0.1, 0.15) is 44.3 Å². The molecule has 1 fully saturated rings. The van der Waals surface area contributed by atoms with Gasteiger partial charge in [-0.2, -0.15) is 5.10 Å². The SMILES string of the molecule is COc1ccccc1-c1nc2c(C)[nH]nc2c(=O)n1C1CCC(C)CC1. The summed E-state index contributed by atoms with van der Waals surface area (Å²) in [5.74, 6) is 2.10. The van der Waals surface area contributed by atoms with Gasteiger partial charge < -0.3 is 4.74 Å². The van der Waals surface area contributed by atoms with Crippen molar-refractivity contribution in [2.24, 2.45) is 5.92 Å². The molecular weight excluding hydrogens is 328 g/mol. The van der Waals surface area contributed by atoms with Crippen molar-refractivity contribution in [1.82, 2.24) is 19.7 Å². The molecule has 0 aliphatic heterocycles. The van der Waals surface area contributed by atoms with Crippen LogP contribution in [0.25, 0.3) is 22.4 Å². The molecule has 136 valence electrons. The van der Waals surface area contributed by atoms with Crippen LogP contribution < -0.4 is 10.3 Å². The number of nitrogens with zero attached hydrogens (tertiary/aromatic N) is 3. The molecule has 2 heterocycles. The minimum atomic E-state index is -0.0696. The summed E-state index contributed by atoms with van der Waals surface area (Å²) in [7, 11) is 1.64. The van der Waals surface area contributed by atoms with Crippen molar-refractivity contribution in [3.05, 3.63) is 40.3 Å². The molecule has 0 atom stereocenters. The number of hydrogen-bond acceptors (Lipinski definition) is 4. The molecule has 6 nitrogen and oxygen atoms in total. The zero-order valence-corrected chi connectivity index (χ0v) is 15.5. The van der Waals surface area contributed by atoms with Crippen LogP contribution in [0.15, 0.2) is 29.1 Å². The Bertz CT molecular complexity index is 997. The van der Waals surface area contributed by atoms with E-state index < -0.39 is 0 Å². The van der Waals surface area contributed by atoms with Crippen molar-refractivity contribution < 1.29 is 4.74 Å². The number of benzene rings is 1. The average Bonchev–Trinajstić information content (AvgIpc) is 3.04. The lowest BCUT2D eigenvalue weighted by Gasteiger charge is -2.29. The molecule has 4 rings (SSSR count). The molecule has 0 unspecified atom stereocenters. The van der Waals surface area contributed by atoms with Gasteiger partial charge in [-0.25, -0.2) is 4.98 Å². The summed E-state index contributed by atoms with van der Waals surface area (Å²) in [4.78, 5) is 18.2. The molecule has 0 radical (unpaired) electrons. The second kappa shape index (κ2) is 6.59. The van der Waals surface area contributed by atoms with E-state index in [9.17, 15) is 4.79 Å². The molecule has 0 bridgehead atoms. The van der Waals surface area contributed by atoms with E-state index in [0.717, 1.165) is 42.7 Å². The molecule has 26 heavy (non-hydrogen) atoms. The van der Waals surface area contributed by atoms with E-state index in [0.29, 0.717) is 22.8 Å². The molecule has 0 saturated heterocycles. The van der Waals surface area contributed by atoms with Crippen molar-refractivity contribution in [1.29, 1.82) is 0 Å². The predicted octanol–water partition coefficient (Wildman–Crippen LogP) is 3.85. The third-order valence-electron chi connectivity index (χ3n) is 5.48. The molecule has 2 aromatic heterocycles. The maximum atomic E-state index is 13.3. The standard InChI is InChI=1S/C20H24N4O2/c1-12-8-10-14(11-9-12)24-19(15-6-4-5-7-16(15)26-3)21-17-13(2)22-23-18(17)20(24)25/h4-7,12,14H,8-11H2,1-3H3,(H,22,23). The van der Waals surface area contributed by atoms with Crippen molar-refractivity contribution in [3.8, 4) is 17.1 Å². The summed E-state index contributed by atoms with van der Waals surface area (Å²) in [6, 6.07) is 7.89. The summed E-state index contributed by atoms with van der Waals surface area (Å²) in [6.07, 6.45) is 4.22. The number of nitrogens with one attached hydrogen (secondary N) is 1. The molecule has 1 aliphatic carbocycles. The largest absolute Gasteiger partial charge is 0.496 e. The normalized spacial score (nSPS) is 20.4. The summed E-state index contributed by atoms with van der Waals surface area (Å²) >= 11 is 0. The van der Waals surface area contributed by atoms with Gasteiger partial charge in [0.05, 0.1) is 18.4 Å². The first-order valence-electron chi connectivity index (χ1n) is 9.20. The number of para-hydroxylation sites is 1. The molecule has 1 aliphatic rings. The van der Waals surface area contributed by atoms with Gasteiger partial charge in [-0.05, 0) is 50.7 Å². The molecular formula is C20H24N4O2. The van der Waals surface area contributed by atoms with Crippen LogP contribution >= 0.6 is 0 Å². The Morgan fingerprint density at radius 3 is 2.62 bits per heavy atom. The zero-order valence-electron chi connectivity index (χ0n) is 15.5. The topological polar surface area (TPSA) is 72.8 Å². The Labute approximate surface area is 152 Å². The summed E-state index contributed by atoms with van der Waals surface area (Å²) in [6.45, 7) is 4.17. The molecule has 1 aromatic carbocycles. The Hall–Kier alpha value is -2.63. The Morgan fingerprint density at radius 1 is 1.15 bits per heavy atom.